The van der Waals surface area contributed by atoms with Gasteiger partial charge in [0.05, 0.1) is 13.1 Å². The molecule has 6 N–H and O–H groups in total. The summed E-state index contributed by atoms with van der Waals surface area (Å²) in [4.78, 5) is 37.2. The van der Waals surface area contributed by atoms with Gasteiger partial charge in [0.2, 0.25) is 5.96 Å². The minimum atomic E-state index is -0.597. The van der Waals surface area contributed by atoms with Crippen molar-refractivity contribution in [3.8, 4) is 0 Å². The number of carbonyl (C=O) groups excluding carboxylic acids is 2. The Labute approximate surface area is 221 Å². The molecule has 0 fully saturated rings. The van der Waals surface area contributed by atoms with E-state index in [0.29, 0.717) is 36.3 Å². The summed E-state index contributed by atoms with van der Waals surface area (Å²) in [6.45, 7) is 6.97. The summed E-state index contributed by atoms with van der Waals surface area (Å²) in [5.74, 6) is 0.425. The molecule has 1 heterocycles. The van der Waals surface area contributed by atoms with Crippen LogP contribution >= 0.6 is 11.6 Å². The molecule has 0 spiro atoms. The Hall–Kier alpha value is -3.99. The molecular formula is C25H33ClN8O3. The Balaban J connectivity index is 1.72. The van der Waals surface area contributed by atoms with Crippen LogP contribution in [0, 0.1) is 0 Å². The van der Waals surface area contributed by atoms with Crippen LogP contribution in [0.5, 0.6) is 0 Å². The summed E-state index contributed by atoms with van der Waals surface area (Å²) in [6, 6.07) is 14.3. The number of hydrogen-bond acceptors (Lipinski definition) is 6. The van der Waals surface area contributed by atoms with Crippen LogP contribution in [-0.4, -0.2) is 59.2 Å². The zero-order valence-electron chi connectivity index (χ0n) is 21.2. The fraction of sp³-hybridized carbons (Fsp3) is 0.360. The maximum absolute atomic E-state index is 13.5. The van der Waals surface area contributed by atoms with Crippen molar-refractivity contribution >= 4 is 41.3 Å². The standard InChI is InChI=1S/C25H33ClN8O3/c1-25(2,3)37-23(35)32-20-10-6-18(7-11-20)15-34-22(30-13-12-29-21(27)28)31-16-33(24(34)36)14-17-4-8-19(26)9-5-17/h4-11H,12-16H2,1-3H3,(H,30,31)(H,32,35)(H4,27,28,29). The number of guanidine groups is 2. The number of aliphatic imine (C=N–C) groups is 2. The molecule has 0 aliphatic carbocycles. The second-order valence-electron chi connectivity index (χ2n) is 9.37. The second kappa shape index (κ2) is 12.3. The largest absolute Gasteiger partial charge is 0.444 e. The molecule has 0 radical (unpaired) electrons. The average Bonchev–Trinajstić information content (AvgIpc) is 2.81. The number of amides is 3. The third-order valence-electron chi connectivity index (χ3n) is 5.06. The minimum Gasteiger partial charge on any atom is -0.444 e. The van der Waals surface area contributed by atoms with E-state index < -0.39 is 11.7 Å². The predicted molar refractivity (Wildman–Crippen MR) is 145 cm³/mol. The third kappa shape index (κ3) is 8.87. The summed E-state index contributed by atoms with van der Waals surface area (Å²) in [7, 11) is 0. The highest BCUT2D eigenvalue weighted by molar-refractivity contribution is 6.30. The van der Waals surface area contributed by atoms with E-state index in [1.54, 1.807) is 54.8 Å². The van der Waals surface area contributed by atoms with Gasteiger partial charge >= 0.3 is 12.1 Å². The maximum Gasteiger partial charge on any atom is 0.412 e. The second-order valence-corrected chi connectivity index (χ2v) is 9.81. The average molecular weight is 529 g/mol. The van der Waals surface area contributed by atoms with E-state index >= 15 is 0 Å². The van der Waals surface area contributed by atoms with E-state index in [4.69, 9.17) is 27.8 Å². The SMILES string of the molecule is CC(C)(C)OC(=O)Nc1ccc(CN2C(=O)N(Cc3ccc(Cl)cc3)CN=C2NCCN=C(N)N)cc1. The van der Waals surface area contributed by atoms with Gasteiger partial charge in [0.25, 0.3) is 0 Å². The number of benzene rings is 2. The van der Waals surface area contributed by atoms with Crippen molar-refractivity contribution in [3.05, 3.63) is 64.7 Å². The number of ether oxygens (including phenoxy) is 1. The van der Waals surface area contributed by atoms with Gasteiger partial charge < -0.3 is 26.4 Å². The highest BCUT2D eigenvalue weighted by atomic mass is 35.5. The molecule has 0 bridgehead atoms. The number of carbonyl (C=O) groups is 2. The van der Waals surface area contributed by atoms with Crippen LogP contribution in [0.1, 0.15) is 31.9 Å². The van der Waals surface area contributed by atoms with Gasteiger partial charge in [0.1, 0.15) is 12.3 Å². The zero-order valence-corrected chi connectivity index (χ0v) is 22.0. The molecule has 2 aromatic carbocycles. The van der Waals surface area contributed by atoms with Crippen molar-refractivity contribution in [1.82, 2.24) is 15.1 Å². The summed E-state index contributed by atoms with van der Waals surface area (Å²) in [5, 5.41) is 6.48. The number of urea groups is 1. The molecular weight excluding hydrogens is 496 g/mol. The lowest BCUT2D eigenvalue weighted by atomic mass is 10.2. The van der Waals surface area contributed by atoms with Crippen molar-refractivity contribution in [2.75, 3.05) is 25.1 Å². The van der Waals surface area contributed by atoms with Crippen molar-refractivity contribution in [1.29, 1.82) is 0 Å². The lowest BCUT2D eigenvalue weighted by Crippen LogP contribution is -2.54. The van der Waals surface area contributed by atoms with Crippen molar-refractivity contribution < 1.29 is 14.3 Å². The fourth-order valence-electron chi connectivity index (χ4n) is 3.43. The molecule has 37 heavy (non-hydrogen) atoms. The molecule has 1 aliphatic rings. The zero-order chi connectivity index (χ0) is 27.0. The van der Waals surface area contributed by atoms with Gasteiger partial charge in [0, 0.05) is 23.8 Å². The fourth-order valence-corrected chi connectivity index (χ4v) is 3.56. The predicted octanol–water partition coefficient (Wildman–Crippen LogP) is 3.30. The highest BCUT2D eigenvalue weighted by Gasteiger charge is 2.29. The van der Waals surface area contributed by atoms with Gasteiger partial charge in [-0.1, -0.05) is 35.9 Å². The van der Waals surface area contributed by atoms with Gasteiger partial charge in [-0.25, -0.2) is 14.6 Å². The monoisotopic (exact) mass is 528 g/mol. The normalized spacial score (nSPS) is 13.6. The Morgan fingerprint density at radius 1 is 1.08 bits per heavy atom. The van der Waals surface area contributed by atoms with Crippen LogP contribution in [0.25, 0.3) is 0 Å². The minimum absolute atomic E-state index is 0.00506. The third-order valence-corrected chi connectivity index (χ3v) is 5.32. The van der Waals surface area contributed by atoms with Crippen LogP contribution in [-0.2, 0) is 17.8 Å². The molecule has 1 aliphatic heterocycles. The number of anilines is 1. The van der Waals surface area contributed by atoms with E-state index in [9.17, 15) is 9.59 Å². The van der Waals surface area contributed by atoms with Gasteiger partial charge in [0.15, 0.2) is 5.96 Å². The smallest absolute Gasteiger partial charge is 0.412 e. The van der Waals surface area contributed by atoms with Crippen molar-refractivity contribution in [2.24, 2.45) is 21.5 Å². The first-order valence-electron chi connectivity index (χ1n) is 11.7. The molecule has 11 nitrogen and oxygen atoms in total. The number of nitrogens with two attached hydrogens (primary N) is 2. The van der Waals surface area contributed by atoms with Crippen LogP contribution in [0.15, 0.2) is 58.5 Å². The Kier molecular flexibility index (Phi) is 9.18. The van der Waals surface area contributed by atoms with E-state index in [1.165, 1.54) is 0 Å². The van der Waals surface area contributed by atoms with E-state index in [0.717, 1.165) is 11.1 Å². The van der Waals surface area contributed by atoms with Crippen LogP contribution in [0.2, 0.25) is 5.02 Å². The lowest BCUT2D eigenvalue weighted by molar-refractivity contribution is 0.0636. The Morgan fingerprint density at radius 3 is 2.32 bits per heavy atom. The van der Waals surface area contributed by atoms with Gasteiger partial charge in [-0.3, -0.25) is 15.2 Å². The first-order chi connectivity index (χ1) is 17.5. The Morgan fingerprint density at radius 2 is 1.70 bits per heavy atom. The molecule has 3 rings (SSSR count). The van der Waals surface area contributed by atoms with Gasteiger partial charge in [-0.2, -0.15) is 0 Å². The highest BCUT2D eigenvalue weighted by Crippen LogP contribution is 2.19. The topological polar surface area (TPSA) is 151 Å². The maximum atomic E-state index is 13.5. The number of hydrogen-bond donors (Lipinski definition) is 4. The molecule has 0 saturated heterocycles. The lowest BCUT2D eigenvalue weighted by Gasteiger charge is -2.35. The number of nitrogens with one attached hydrogen (secondary N) is 2. The quantitative estimate of drug-likeness (QED) is 0.234. The van der Waals surface area contributed by atoms with Crippen molar-refractivity contribution in [3.63, 3.8) is 0 Å². The van der Waals surface area contributed by atoms with Gasteiger partial charge in [-0.05, 0) is 56.2 Å². The summed E-state index contributed by atoms with van der Waals surface area (Å²) < 4.78 is 5.29. The summed E-state index contributed by atoms with van der Waals surface area (Å²) >= 11 is 5.99. The van der Waals surface area contributed by atoms with E-state index in [2.05, 4.69) is 20.6 Å². The van der Waals surface area contributed by atoms with Crippen LogP contribution in [0.3, 0.4) is 0 Å². The molecule has 3 amide bonds. The Bertz CT molecular complexity index is 1140. The first kappa shape index (κ1) is 27.6. The molecule has 0 unspecified atom stereocenters. The van der Waals surface area contributed by atoms with E-state index in [1.807, 2.05) is 24.3 Å². The molecule has 198 valence electrons. The van der Waals surface area contributed by atoms with Crippen LogP contribution in [0.4, 0.5) is 15.3 Å². The van der Waals surface area contributed by atoms with Crippen molar-refractivity contribution in [2.45, 2.75) is 39.5 Å². The van der Waals surface area contributed by atoms with Gasteiger partial charge in [-0.15, -0.1) is 0 Å². The molecule has 0 atom stereocenters. The number of rotatable bonds is 8. The summed E-state index contributed by atoms with van der Waals surface area (Å²) in [5.41, 5.74) is 12.6. The van der Waals surface area contributed by atoms with E-state index in [-0.39, 0.29) is 25.2 Å². The first-order valence-corrected chi connectivity index (χ1v) is 12.1. The summed E-state index contributed by atoms with van der Waals surface area (Å²) in [6.07, 6.45) is -0.538. The molecule has 12 heteroatoms. The van der Waals surface area contributed by atoms with Crippen LogP contribution < -0.4 is 22.1 Å². The number of halogens is 1. The number of nitrogens with zero attached hydrogens (tertiary/aromatic N) is 4. The molecule has 0 aromatic heterocycles. The molecule has 0 saturated carbocycles. The molecule has 2 aromatic rings.